The molecule has 2 nitrogen and oxygen atoms in total. The van der Waals surface area contributed by atoms with Gasteiger partial charge in [-0.1, -0.05) is 35.4 Å². The number of hydrogen-bond donors (Lipinski definition) is 0. The second-order valence-electron chi connectivity index (χ2n) is 2.74. The Morgan fingerprint density at radius 1 is 1.25 bits per heavy atom. The second-order valence-corrected chi connectivity index (χ2v) is 3.54. The maximum atomic E-state index is 10.2. The van der Waals surface area contributed by atoms with Crippen LogP contribution in [0.1, 0.15) is 32.1 Å². The van der Waals surface area contributed by atoms with Crippen molar-refractivity contribution in [3.05, 3.63) is 12.2 Å². The number of halogens is 1. The summed E-state index contributed by atoms with van der Waals surface area (Å²) < 4.78 is 0. The zero-order chi connectivity index (χ0) is 9.40. The molecule has 0 N–H and O–H groups in total. The molecule has 0 saturated heterocycles. The first-order valence-electron chi connectivity index (χ1n) is 4.13. The van der Waals surface area contributed by atoms with E-state index in [0.717, 1.165) is 31.0 Å². The van der Waals surface area contributed by atoms with Crippen molar-refractivity contribution in [2.75, 3.05) is 5.33 Å². The van der Waals surface area contributed by atoms with Gasteiger partial charge in [-0.2, -0.15) is 0 Å². The third kappa shape index (κ3) is 6.40. The first kappa shape index (κ1) is 11.7. The van der Waals surface area contributed by atoms with Gasteiger partial charge >= 0.3 is 0 Å². The molecule has 0 aromatic carbocycles. The van der Waals surface area contributed by atoms with E-state index in [9.17, 15) is 9.90 Å². The van der Waals surface area contributed by atoms with E-state index in [4.69, 9.17) is 0 Å². The summed E-state index contributed by atoms with van der Waals surface area (Å²) in [6.45, 7) is 3.40. The molecule has 0 unspecified atom stereocenters. The van der Waals surface area contributed by atoms with Gasteiger partial charge < -0.3 is 9.90 Å². The van der Waals surface area contributed by atoms with Crippen LogP contribution in [-0.2, 0) is 4.79 Å². The van der Waals surface area contributed by atoms with Crippen LogP contribution in [0.3, 0.4) is 0 Å². The van der Waals surface area contributed by atoms with E-state index < -0.39 is 5.97 Å². The van der Waals surface area contributed by atoms with Crippen LogP contribution in [-0.4, -0.2) is 11.3 Å². The minimum atomic E-state index is -1.12. The molecular formula is C9H14BrO2-. The molecule has 0 atom stereocenters. The standard InChI is InChI=1S/C9H15BrO2/c1-8(9(11)12)6-4-2-3-5-7-10/h1-7H2,(H,11,12)/p-1. The Morgan fingerprint density at radius 3 is 2.33 bits per heavy atom. The van der Waals surface area contributed by atoms with Crippen molar-refractivity contribution in [3.63, 3.8) is 0 Å². The van der Waals surface area contributed by atoms with Crippen molar-refractivity contribution in [1.29, 1.82) is 0 Å². The number of carbonyl (C=O) groups excluding carboxylic acids is 1. The lowest BCUT2D eigenvalue weighted by Gasteiger charge is -2.05. The van der Waals surface area contributed by atoms with Gasteiger partial charge in [0.1, 0.15) is 0 Å². The minimum Gasteiger partial charge on any atom is -0.545 e. The summed E-state index contributed by atoms with van der Waals surface area (Å²) in [7, 11) is 0. The van der Waals surface area contributed by atoms with Gasteiger partial charge in [0.2, 0.25) is 0 Å². The summed E-state index contributed by atoms with van der Waals surface area (Å²) in [6.07, 6.45) is 4.83. The van der Waals surface area contributed by atoms with E-state index in [1.165, 1.54) is 0 Å². The average molecular weight is 234 g/mol. The van der Waals surface area contributed by atoms with Gasteiger partial charge in [-0.3, -0.25) is 0 Å². The Kier molecular flexibility index (Phi) is 7.16. The molecule has 0 aromatic heterocycles. The van der Waals surface area contributed by atoms with Gasteiger partial charge in [-0.05, 0) is 24.8 Å². The van der Waals surface area contributed by atoms with E-state index in [2.05, 4.69) is 22.5 Å². The third-order valence-electron chi connectivity index (χ3n) is 1.65. The summed E-state index contributed by atoms with van der Waals surface area (Å²) in [4.78, 5) is 10.2. The molecule has 0 aliphatic rings. The van der Waals surface area contributed by atoms with Gasteiger partial charge in [0.15, 0.2) is 0 Å². The molecule has 12 heavy (non-hydrogen) atoms. The van der Waals surface area contributed by atoms with Crippen molar-refractivity contribution in [2.45, 2.75) is 32.1 Å². The van der Waals surface area contributed by atoms with Crippen LogP contribution >= 0.6 is 15.9 Å². The predicted molar refractivity (Wildman–Crippen MR) is 51.0 cm³/mol. The minimum absolute atomic E-state index is 0.217. The van der Waals surface area contributed by atoms with E-state index in [-0.39, 0.29) is 5.57 Å². The maximum absolute atomic E-state index is 10.2. The number of carbonyl (C=O) groups is 1. The van der Waals surface area contributed by atoms with E-state index in [1.807, 2.05) is 0 Å². The molecule has 0 spiro atoms. The zero-order valence-corrected chi connectivity index (χ0v) is 8.73. The first-order chi connectivity index (χ1) is 5.68. The van der Waals surface area contributed by atoms with Gasteiger partial charge in [0, 0.05) is 5.33 Å². The Morgan fingerprint density at radius 2 is 1.83 bits per heavy atom. The Balaban J connectivity index is 3.20. The quantitative estimate of drug-likeness (QED) is 0.381. The number of alkyl halides is 1. The lowest BCUT2D eigenvalue weighted by Crippen LogP contribution is -2.23. The molecule has 0 amide bonds. The number of unbranched alkanes of at least 4 members (excludes halogenated alkanes) is 3. The Bertz CT molecular complexity index is 155. The van der Waals surface area contributed by atoms with Crippen LogP contribution in [0.25, 0.3) is 0 Å². The molecular weight excluding hydrogens is 220 g/mol. The highest BCUT2D eigenvalue weighted by Crippen LogP contribution is 2.08. The third-order valence-corrected chi connectivity index (χ3v) is 2.21. The molecule has 0 aromatic rings. The van der Waals surface area contributed by atoms with Crippen molar-refractivity contribution < 1.29 is 9.90 Å². The van der Waals surface area contributed by atoms with Crippen molar-refractivity contribution in [2.24, 2.45) is 0 Å². The lowest BCUT2D eigenvalue weighted by molar-refractivity contribution is -0.299. The second kappa shape index (κ2) is 7.35. The highest BCUT2D eigenvalue weighted by molar-refractivity contribution is 9.09. The van der Waals surface area contributed by atoms with Crippen molar-refractivity contribution >= 4 is 21.9 Å². The number of hydrogen-bond acceptors (Lipinski definition) is 2. The SMILES string of the molecule is C=C(CCCCCCBr)C(=O)[O-]. The van der Waals surface area contributed by atoms with Gasteiger partial charge in [-0.25, -0.2) is 0 Å². The molecule has 0 aliphatic carbocycles. The van der Waals surface area contributed by atoms with Crippen molar-refractivity contribution in [3.8, 4) is 0 Å². The fourth-order valence-electron chi connectivity index (χ4n) is 0.888. The number of aliphatic carboxylic acids is 1. The summed E-state index contributed by atoms with van der Waals surface area (Å²) in [5.41, 5.74) is 0.217. The maximum Gasteiger partial charge on any atom is 0.0668 e. The van der Waals surface area contributed by atoms with Gasteiger partial charge in [0.25, 0.3) is 0 Å². The van der Waals surface area contributed by atoms with Crippen LogP contribution in [0.4, 0.5) is 0 Å². The number of carboxylic acid groups (broad SMARTS) is 1. The van der Waals surface area contributed by atoms with E-state index in [0.29, 0.717) is 6.42 Å². The van der Waals surface area contributed by atoms with Crippen LogP contribution in [0.5, 0.6) is 0 Å². The van der Waals surface area contributed by atoms with Crippen LogP contribution < -0.4 is 5.11 Å². The average Bonchev–Trinajstić information content (AvgIpc) is 2.03. The van der Waals surface area contributed by atoms with E-state index >= 15 is 0 Å². The smallest absolute Gasteiger partial charge is 0.0668 e. The Hall–Kier alpha value is -0.310. The fraction of sp³-hybridized carbons (Fsp3) is 0.667. The summed E-state index contributed by atoms with van der Waals surface area (Å²) in [6, 6.07) is 0. The fourth-order valence-corrected chi connectivity index (χ4v) is 1.28. The van der Waals surface area contributed by atoms with Gasteiger partial charge in [-0.15, -0.1) is 0 Å². The highest BCUT2D eigenvalue weighted by Gasteiger charge is 1.94. The zero-order valence-electron chi connectivity index (χ0n) is 7.14. The summed E-state index contributed by atoms with van der Waals surface area (Å²) in [5, 5.41) is 11.2. The normalized spacial score (nSPS) is 9.75. The molecule has 0 radical (unpaired) electrons. The topological polar surface area (TPSA) is 40.1 Å². The number of rotatable bonds is 7. The molecule has 0 aliphatic heterocycles. The molecule has 0 bridgehead atoms. The van der Waals surface area contributed by atoms with E-state index in [1.54, 1.807) is 0 Å². The molecule has 0 fully saturated rings. The largest absolute Gasteiger partial charge is 0.545 e. The molecule has 0 heterocycles. The highest BCUT2D eigenvalue weighted by atomic mass is 79.9. The van der Waals surface area contributed by atoms with Crippen LogP contribution in [0, 0.1) is 0 Å². The summed E-state index contributed by atoms with van der Waals surface area (Å²) >= 11 is 3.33. The van der Waals surface area contributed by atoms with Gasteiger partial charge in [0.05, 0.1) is 5.97 Å². The number of carboxylic acids is 1. The first-order valence-corrected chi connectivity index (χ1v) is 5.25. The summed E-state index contributed by atoms with van der Waals surface area (Å²) in [5.74, 6) is -1.12. The monoisotopic (exact) mass is 233 g/mol. The molecule has 0 saturated carbocycles. The van der Waals surface area contributed by atoms with Crippen LogP contribution in [0.15, 0.2) is 12.2 Å². The Labute approximate surface area is 81.8 Å². The molecule has 70 valence electrons. The lowest BCUT2D eigenvalue weighted by atomic mass is 10.1. The van der Waals surface area contributed by atoms with Crippen LogP contribution in [0.2, 0.25) is 0 Å². The predicted octanol–water partition coefficient (Wildman–Crippen LogP) is 1.64. The van der Waals surface area contributed by atoms with Crippen molar-refractivity contribution in [1.82, 2.24) is 0 Å². The molecule has 3 heteroatoms. The molecule has 0 rings (SSSR count).